The van der Waals surface area contributed by atoms with Crippen LogP contribution in [0.1, 0.15) is 30.1 Å². The number of carbonyl (C=O) groups is 1. The van der Waals surface area contributed by atoms with Crippen molar-refractivity contribution in [3.63, 3.8) is 0 Å². The number of halogens is 1. The maximum atomic E-state index is 12.6. The maximum Gasteiger partial charge on any atom is 0.282 e. The van der Waals surface area contributed by atoms with Gasteiger partial charge in [0.05, 0.1) is 10.6 Å². The fourth-order valence-electron chi connectivity index (χ4n) is 3.66. The highest BCUT2D eigenvalue weighted by Gasteiger charge is 2.21. The van der Waals surface area contributed by atoms with E-state index in [1.165, 1.54) is 18.2 Å². The molecule has 9 heteroatoms. The van der Waals surface area contributed by atoms with Gasteiger partial charge in [0.15, 0.2) is 5.82 Å². The van der Waals surface area contributed by atoms with Crippen molar-refractivity contribution in [2.45, 2.75) is 19.8 Å². The van der Waals surface area contributed by atoms with E-state index >= 15 is 0 Å². The standard InChI is InChI=1S/C23H22ClN5O3/c1-15-10-12-28(13-11-15)22-9-7-20(26-27-22)16-2-5-18(6-3-16)25-23(30)19-14-17(24)4-8-21(19)29(31)32/h2-9,14-15H,10-13H2,1H3,(H,25,30). The number of benzene rings is 2. The van der Waals surface area contributed by atoms with Crippen LogP contribution >= 0.6 is 11.6 Å². The molecule has 0 spiro atoms. The van der Waals surface area contributed by atoms with Gasteiger partial charge in [-0.2, -0.15) is 0 Å². The zero-order valence-electron chi connectivity index (χ0n) is 17.5. The number of hydrogen-bond donors (Lipinski definition) is 1. The van der Waals surface area contributed by atoms with Crippen molar-refractivity contribution in [1.29, 1.82) is 0 Å². The molecular weight excluding hydrogens is 430 g/mol. The van der Waals surface area contributed by atoms with Crippen LogP contribution in [0.3, 0.4) is 0 Å². The lowest BCUT2D eigenvalue weighted by molar-refractivity contribution is -0.385. The number of nitrogens with zero attached hydrogens (tertiary/aromatic N) is 4. The van der Waals surface area contributed by atoms with Crippen LogP contribution in [-0.4, -0.2) is 34.1 Å². The topological polar surface area (TPSA) is 101 Å². The summed E-state index contributed by atoms with van der Waals surface area (Å²) in [6, 6.07) is 14.8. The molecule has 0 saturated carbocycles. The second kappa shape index (κ2) is 9.32. The molecule has 0 atom stereocenters. The number of nitro groups is 1. The van der Waals surface area contributed by atoms with E-state index in [1.807, 2.05) is 24.3 Å². The third kappa shape index (κ3) is 4.86. The molecular formula is C23H22ClN5O3. The molecule has 1 amide bonds. The molecule has 32 heavy (non-hydrogen) atoms. The molecule has 1 saturated heterocycles. The molecule has 1 N–H and O–H groups in total. The average Bonchev–Trinajstić information content (AvgIpc) is 2.80. The van der Waals surface area contributed by atoms with E-state index in [1.54, 1.807) is 12.1 Å². The van der Waals surface area contributed by atoms with Gasteiger partial charge in [0.25, 0.3) is 11.6 Å². The Hall–Kier alpha value is -3.52. The fourth-order valence-corrected chi connectivity index (χ4v) is 3.83. The van der Waals surface area contributed by atoms with Crippen molar-refractivity contribution in [3.05, 3.63) is 75.3 Å². The Morgan fingerprint density at radius 1 is 1.09 bits per heavy atom. The number of nitro benzene ring substituents is 1. The van der Waals surface area contributed by atoms with E-state index in [2.05, 4.69) is 27.3 Å². The number of aromatic nitrogens is 2. The average molecular weight is 452 g/mol. The van der Waals surface area contributed by atoms with Crippen molar-refractivity contribution >= 4 is 34.7 Å². The molecule has 2 aromatic carbocycles. The minimum Gasteiger partial charge on any atom is -0.355 e. The van der Waals surface area contributed by atoms with Gasteiger partial charge < -0.3 is 10.2 Å². The normalized spacial score (nSPS) is 14.2. The van der Waals surface area contributed by atoms with E-state index in [-0.39, 0.29) is 16.3 Å². The molecule has 0 aliphatic carbocycles. The van der Waals surface area contributed by atoms with Crippen molar-refractivity contribution in [1.82, 2.24) is 10.2 Å². The molecule has 1 aliphatic heterocycles. The molecule has 1 fully saturated rings. The third-order valence-electron chi connectivity index (χ3n) is 5.60. The molecule has 164 valence electrons. The smallest absolute Gasteiger partial charge is 0.282 e. The Morgan fingerprint density at radius 2 is 1.81 bits per heavy atom. The number of rotatable bonds is 5. The highest BCUT2D eigenvalue weighted by Crippen LogP contribution is 2.26. The summed E-state index contributed by atoms with van der Waals surface area (Å²) in [5.74, 6) is 1.03. The van der Waals surface area contributed by atoms with Gasteiger partial charge in [-0.15, -0.1) is 10.2 Å². The molecule has 4 rings (SSSR count). The summed E-state index contributed by atoms with van der Waals surface area (Å²) in [6.45, 7) is 4.26. The summed E-state index contributed by atoms with van der Waals surface area (Å²) in [6.07, 6.45) is 2.32. The van der Waals surface area contributed by atoms with Crippen LogP contribution in [0.5, 0.6) is 0 Å². The Bertz CT molecular complexity index is 1130. The van der Waals surface area contributed by atoms with Crippen LogP contribution in [0.2, 0.25) is 5.02 Å². The quantitative estimate of drug-likeness (QED) is 0.423. The van der Waals surface area contributed by atoms with Gasteiger partial charge >= 0.3 is 0 Å². The lowest BCUT2D eigenvalue weighted by atomic mass is 9.99. The van der Waals surface area contributed by atoms with Gasteiger partial charge in [0, 0.05) is 35.4 Å². The van der Waals surface area contributed by atoms with Crippen LogP contribution in [0.4, 0.5) is 17.2 Å². The van der Waals surface area contributed by atoms with E-state index in [0.717, 1.165) is 48.9 Å². The summed E-state index contributed by atoms with van der Waals surface area (Å²) in [4.78, 5) is 25.4. The van der Waals surface area contributed by atoms with Crippen LogP contribution in [0.15, 0.2) is 54.6 Å². The lowest BCUT2D eigenvalue weighted by Crippen LogP contribution is -2.33. The van der Waals surface area contributed by atoms with E-state index < -0.39 is 10.8 Å². The summed E-state index contributed by atoms with van der Waals surface area (Å²) in [5.41, 5.74) is 1.67. The molecule has 1 aromatic heterocycles. The van der Waals surface area contributed by atoms with Crippen molar-refractivity contribution < 1.29 is 9.72 Å². The van der Waals surface area contributed by atoms with E-state index in [4.69, 9.17) is 11.6 Å². The summed E-state index contributed by atoms with van der Waals surface area (Å²) < 4.78 is 0. The minimum atomic E-state index is -0.610. The molecule has 0 bridgehead atoms. The van der Waals surface area contributed by atoms with Crippen LogP contribution in [0, 0.1) is 16.0 Å². The first-order valence-electron chi connectivity index (χ1n) is 10.3. The number of amides is 1. The molecule has 1 aliphatic rings. The van der Waals surface area contributed by atoms with Gasteiger partial charge in [-0.25, -0.2) is 0 Å². The molecule has 8 nitrogen and oxygen atoms in total. The van der Waals surface area contributed by atoms with Gasteiger partial charge in [-0.3, -0.25) is 14.9 Å². The summed E-state index contributed by atoms with van der Waals surface area (Å²) >= 11 is 5.91. The lowest BCUT2D eigenvalue weighted by Gasteiger charge is -2.30. The SMILES string of the molecule is CC1CCN(c2ccc(-c3ccc(NC(=O)c4cc(Cl)ccc4[N+](=O)[O-])cc3)nn2)CC1. The molecule has 0 radical (unpaired) electrons. The highest BCUT2D eigenvalue weighted by atomic mass is 35.5. The largest absolute Gasteiger partial charge is 0.355 e. The zero-order chi connectivity index (χ0) is 22.7. The zero-order valence-corrected chi connectivity index (χ0v) is 18.2. The fraction of sp³-hybridized carbons (Fsp3) is 0.261. The predicted molar refractivity (Wildman–Crippen MR) is 124 cm³/mol. The highest BCUT2D eigenvalue weighted by molar-refractivity contribution is 6.31. The van der Waals surface area contributed by atoms with E-state index in [9.17, 15) is 14.9 Å². The molecule has 2 heterocycles. The van der Waals surface area contributed by atoms with Crippen LogP contribution < -0.4 is 10.2 Å². The number of anilines is 2. The van der Waals surface area contributed by atoms with E-state index in [0.29, 0.717) is 5.69 Å². The Morgan fingerprint density at radius 3 is 2.44 bits per heavy atom. The van der Waals surface area contributed by atoms with Crippen molar-refractivity contribution in [2.24, 2.45) is 5.92 Å². The third-order valence-corrected chi connectivity index (χ3v) is 5.83. The Labute approximate surface area is 190 Å². The predicted octanol–water partition coefficient (Wildman–Crippen LogP) is 5.19. The van der Waals surface area contributed by atoms with Gasteiger partial charge in [0.2, 0.25) is 0 Å². The van der Waals surface area contributed by atoms with Gasteiger partial charge in [0.1, 0.15) is 5.56 Å². The first-order valence-corrected chi connectivity index (χ1v) is 10.7. The summed E-state index contributed by atoms with van der Waals surface area (Å²) in [7, 11) is 0. The maximum absolute atomic E-state index is 12.6. The van der Waals surface area contributed by atoms with Crippen molar-refractivity contribution in [3.8, 4) is 11.3 Å². The van der Waals surface area contributed by atoms with Gasteiger partial charge in [-0.05, 0) is 55.2 Å². The monoisotopic (exact) mass is 451 g/mol. The number of hydrogen-bond acceptors (Lipinski definition) is 6. The summed E-state index contributed by atoms with van der Waals surface area (Å²) in [5, 5.41) is 22.8. The number of carbonyl (C=O) groups excluding carboxylic acids is 1. The molecule has 0 unspecified atom stereocenters. The second-order valence-electron chi connectivity index (χ2n) is 7.90. The number of piperidine rings is 1. The van der Waals surface area contributed by atoms with Crippen LogP contribution in [0.25, 0.3) is 11.3 Å². The van der Waals surface area contributed by atoms with Gasteiger partial charge in [-0.1, -0.05) is 30.7 Å². The Balaban J connectivity index is 1.45. The number of nitrogens with one attached hydrogen (secondary N) is 1. The minimum absolute atomic E-state index is 0.0971. The second-order valence-corrected chi connectivity index (χ2v) is 8.33. The first-order chi connectivity index (χ1) is 15.4. The molecule has 3 aromatic rings. The first kappa shape index (κ1) is 21.7. The van der Waals surface area contributed by atoms with Crippen LogP contribution in [-0.2, 0) is 0 Å². The Kier molecular flexibility index (Phi) is 6.32. The van der Waals surface area contributed by atoms with Crippen molar-refractivity contribution in [2.75, 3.05) is 23.3 Å².